The number of hydrogen-bond donors (Lipinski definition) is 1. The predicted molar refractivity (Wildman–Crippen MR) is 102 cm³/mol. The van der Waals surface area contributed by atoms with Crippen LogP contribution >= 0.6 is 35.8 Å². The molecule has 2 aromatic rings. The number of hydrogen-bond acceptors (Lipinski definition) is 2. The van der Waals surface area contributed by atoms with E-state index in [4.69, 9.17) is 23.4 Å². The monoisotopic (exact) mass is 454 g/mol. The van der Waals surface area contributed by atoms with Crippen LogP contribution in [0.4, 0.5) is 4.39 Å². The van der Waals surface area contributed by atoms with Gasteiger partial charge in [0.25, 0.3) is 0 Å². The molecule has 0 saturated carbocycles. The van der Waals surface area contributed by atoms with Crippen molar-refractivity contribution in [3.63, 3.8) is 0 Å². The predicted octanol–water partition coefficient (Wildman–Crippen LogP) is 0.940. The second kappa shape index (κ2) is 10.2. The molecule has 0 saturated heterocycles. The molecule has 1 atom stereocenters. The largest absolute Gasteiger partial charge is 1.00 e. The molecule has 4 nitrogen and oxygen atoms in total. The molecule has 0 fully saturated rings. The van der Waals surface area contributed by atoms with Crippen LogP contribution in [-0.4, -0.2) is 21.9 Å². The van der Waals surface area contributed by atoms with E-state index in [1.165, 1.54) is 12.1 Å². The molecule has 2 rings (SSSR count). The maximum atomic E-state index is 13.1. The van der Waals surface area contributed by atoms with Crippen LogP contribution in [-0.2, 0) is 0 Å². The summed E-state index contributed by atoms with van der Waals surface area (Å²) in [6.45, 7) is 5.34. The fraction of sp³-hybridized carbons (Fsp3) is 0.222. The van der Waals surface area contributed by atoms with Crippen molar-refractivity contribution in [1.82, 2.24) is 4.53 Å². The highest BCUT2D eigenvalue weighted by Gasteiger charge is 2.41. The highest BCUT2D eigenvalue weighted by atomic mass is 35.5. The van der Waals surface area contributed by atoms with Crippen molar-refractivity contribution in [3.05, 3.63) is 70.5 Å². The third-order valence-corrected chi connectivity index (χ3v) is 4.07. The Labute approximate surface area is 180 Å². The minimum Gasteiger partial charge on any atom is -1.00 e. The lowest BCUT2D eigenvalue weighted by Crippen LogP contribution is -3.25. The van der Waals surface area contributed by atoms with Crippen molar-refractivity contribution in [3.8, 4) is 0 Å². The number of carbonyl (C=O) groups excluding carboxylic acids is 2. The van der Waals surface area contributed by atoms with Crippen molar-refractivity contribution in [2.45, 2.75) is 26.3 Å². The van der Waals surface area contributed by atoms with Gasteiger partial charge in [0.1, 0.15) is 11.4 Å². The summed E-state index contributed by atoms with van der Waals surface area (Å²) < 4.78 is 13.9. The zero-order valence-corrected chi connectivity index (χ0v) is 17.9. The van der Waals surface area contributed by atoms with Crippen LogP contribution in [0.25, 0.3) is 0 Å². The Kier molecular flexibility index (Phi) is 9.73. The van der Waals surface area contributed by atoms with Gasteiger partial charge in [0.05, 0.1) is 17.3 Å². The van der Waals surface area contributed by atoms with Crippen LogP contribution in [0.5, 0.6) is 0 Å². The average Bonchev–Trinajstić information content (AvgIpc) is 2.54. The summed E-state index contributed by atoms with van der Waals surface area (Å²) in [4.78, 5) is 25.5. The lowest BCUT2D eigenvalue weighted by atomic mass is 10.1. The Morgan fingerprint density at radius 2 is 1.41 bits per heavy atom. The number of rotatable bonds is 2. The molecule has 0 aliphatic carbocycles. The van der Waals surface area contributed by atoms with Crippen LogP contribution in [0, 0.1) is 5.82 Å². The summed E-state index contributed by atoms with van der Waals surface area (Å²) in [6, 6.07) is 11.3. The zero-order valence-electron chi connectivity index (χ0n) is 14.8. The lowest BCUT2D eigenvalue weighted by molar-refractivity contribution is -0.951. The Balaban J connectivity index is 0.00000338. The molecule has 2 amide bonds. The number of carbonyl (C=O) groups is 2. The fourth-order valence-electron chi connectivity index (χ4n) is 2.27. The van der Waals surface area contributed by atoms with E-state index >= 15 is 0 Å². The van der Waals surface area contributed by atoms with Gasteiger partial charge in [0, 0.05) is 10.6 Å². The summed E-state index contributed by atoms with van der Waals surface area (Å²) in [5.41, 5.74) is -0.150. The first-order valence-electron chi connectivity index (χ1n) is 7.55. The van der Waals surface area contributed by atoms with E-state index in [2.05, 4.69) is 0 Å². The maximum Gasteiger partial charge on any atom is 0.370 e. The van der Waals surface area contributed by atoms with E-state index in [1.807, 2.05) is 0 Å². The molecular formula is C18H19Cl4FN2O2. The molecule has 0 aromatic heterocycles. The Hall–Kier alpha value is -1.37. The molecule has 9 heteroatoms. The second-order valence-corrected chi connectivity index (χ2v) is 7.30. The fourth-order valence-corrected chi connectivity index (χ4v) is 2.82. The van der Waals surface area contributed by atoms with Gasteiger partial charge in [0.2, 0.25) is 0 Å². The minimum absolute atomic E-state index is 0. The molecule has 0 heterocycles. The Morgan fingerprint density at radius 1 is 0.963 bits per heavy atom. The summed E-state index contributed by atoms with van der Waals surface area (Å²) in [5.74, 6) is -1.45. The topological polar surface area (TPSA) is 41.8 Å². The van der Waals surface area contributed by atoms with E-state index in [0.717, 1.165) is 16.7 Å². The Morgan fingerprint density at radius 3 is 1.85 bits per heavy atom. The third kappa shape index (κ3) is 6.33. The van der Waals surface area contributed by atoms with E-state index in [-0.39, 0.29) is 41.3 Å². The number of amides is 2. The SMILES string of the molecule is CC(C)(C)[NH+](C(=O)c1ccc(Cl)cc1)N(Cl)C(=O)c1ccc(F)cc1.Cl.[Cl-]. The molecule has 148 valence electrons. The highest BCUT2D eigenvalue weighted by Crippen LogP contribution is 2.11. The number of benzene rings is 2. The van der Waals surface area contributed by atoms with E-state index in [0.29, 0.717) is 10.6 Å². The first kappa shape index (κ1) is 25.6. The van der Waals surface area contributed by atoms with Crippen molar-refractivity contribution in [2.75, 3.05) is 0 Å². The van der Waals surface area contributed by atoms with Gasteiger partial charge in [0.15, 0.2) is 0 Å². The molecule has 0 spiro atoms. The van der Waals surface area contributed by atoms with E-state index < -0.39 is 17.3 Å². The van der Waals surface area contributed by atoms with Gasteiger partial charge in [-0.3, -0.25) is 4.79 Å². The van der Waals surface area contributed by atoms with Gasteiger partial charge in [-0.25, -0.2) is 9.18 Å². The highest BCUT2D eigenvalue weighted by molar-refractivity contribution is 6.30. The summed E-state index contributed by atoms with van der Waals surface area (Å²) >= 11 is 12.1. The molecule has 0 aliphatic heterocycles. The van der Waals surface area contributed by atoms with Crippen LogP contribution in [0.15, 0.2) is 48.5 Å². The van der Waals surface area contributed by atoms with Gasteiger partial charge in [-0.2, -0.15) is 0 Å². The molecule has 2 aromatic carbocycles. The van der Waals surface area contributed by atoms with Gasteiger partial charge < -0.3 is 12.4 Å². The molecule has 1 N–H and O–H groups in total. The zero-order chi connectivity index (χ0) is 18.8. The maximum absolute atomic E-state index is 13.1. The van der Waals surface area contributed by atoms with Crippen LogP contribution < -0.4 is 17.4 Å². The number of nitrogens with one attached hydrogen (secondary N) is 1. The number of nitrogens with zero attached hydrogens (tertiary/aromatic N) is 1. The van der Waals surface area contributed by atoms with Crippen LogP contribution in [0.3, 0.4) is 0 Å². The summed E-state index contributed by atoms with van der Waals surface area (Å²) in [6.07, 6.45) is 0. The van der Waals surface area contributed by atoms with E-state index in [9.17, 15) is 14.0 Å². The minimum atomic E-state index is -0.700. The number of quaternary nitrogens is 1. The van der Waals surface area contributed by atoms with Crippen molar-refractivity contribution >= 4 is 47.6 Å². The number of halogens is 5. The first-order chi connectivity index (χ1) is 11.6. The van der Waals surface area contributed by atoms with Gasteiger partial charge in [-0.15, -0.1) is 17.4 Å². The standard InChI is InChI=1S/C18H17Cl2FN2O2.2ClH/c1-18(2,3)22(16(24)12-4-8-14(19)9-5-12)23(20)17(25)13-6-10-15(21)11-7-13;;/h4-11H,1-3H3;2*1H. The Bertz CT molecular complexity index is 777. The quantitative estimate of drug-likeness (QED) is 0.541. The van der Waals surface area contributed by atoms with Gasteiger partial charge in [-0.05, 0) is 69.3 Å². The van der Waals surface area contributed by atoms with Crippen LogP contribution in [0.2, 0.25) is 5.02 Å². The molecule has 0 radical (unpaired) electrons. The third-order valence-electron chi connectivity index (χ3n) is 3.50. The van der Waals surface area contributed by atoms with Crippen molar-refractivity contribution < 1.29 is 31.4 Å². The summed E-state index contributed by atoms with van der Waals surface area (Å²) in [7, 11) is 0. The average molecular weight is 456 g/mol. The van der Waals surface area contributed by atoms with Crippen LogP contribution in [0.1, 0.15) is 41.5 Å². The smallest absolute Gasteiger partial charge is 0.370 e. The molecule has 0 aliphatic rings. The normalized spacial score (nSPS) is 11.6. The van der Waals surface area contributed by atoms with Gasteiger partial charge in [-0.1, -0.05) is 16.1 Å². The lowest BCUT2D eigenvalue weighted by Gasteiger charge is -2.33. The molecule has 0 bridgehead atoms. The van der Waals surface area contributed by atoms with E-state index in [1.54, 1.807) is 45.0 Å². The van der Waals surface area contributed by atoms with Crippen molar-refractivity contribution in [2.24, 2.45) is 0 Å². The molecule has 27 heavy (non-hydrogen) atoms. The van der Waals surface area contributed by atoms with Gasteiger partial charge >= 0.3 is 11.8 Å². The van der Waals surface area contributed by atoms with Crippen molar-refractivity contribution in [1.29, 1.82) is 0 Å². The molecular weight excluding hydrogens is 437 g/mol. The second-order valence-electron chi connectivity index (χ2n) is 6.53. The molecule has 1 unspecified atom stereocenters. The summed E-state index contributed by atoms with van der Waals surface area (Å²) in [5, 5.41) is 0.616. The first-order valence-corrected chi connectivity index (χ1v) is 8.26.